The van der Waals surface area contributed by atoms with E-state index in [-0.39, 0.29) is 0 Å². The van der Waals surface area contributed by atoms with E-state index in [1.54, 1.807) is 6.26 Å². The molecule has 0 aromatic heterocycles. The predicted molar refractivity (Wildman–Crippen MR) is 52.6 cm³/mol. The number of nitrogens with one attached hydrogen (secondary N) is 1. The van der Waals surface area contributed by atoms with Crippen molar-refractivity contribution in [3.05, 3.63) is 12.3 Å². The molecule has 3 nitrogen and oxygen atoms in total. The Kier molecular flexibility index (Phi) is 5.61. The Morgan fingerprint density at radius 3 is 3.23 bits per heavy atom. The molecule has 0 spiro atoms. The SMILES string of the molecule is CCOCCNCC1CCC=CO1. The summed E-state index contributed by atoms with van der Waals surface area (Å²) in [6.07, 6.45) is 6.48. The van der Waals surface area contributed by atoms with Crippen molar-refractivity contribution in [3.63, 3.8) is 0 Å². The van der Waals surface area contributed by atoms with E-state index in [9.17, 15) is 0 Å². The average molecular weight is 185 g/mol. The topological polar surface area (TPSA) is 30.5 Å². The summed E-state index contributed by atoms with van der Waals surface area (Å²) in [5.41, 5.74) is 0. The highest BCUT2D eigenvalue weighted by molar-refractivity contribution is 4.82. The molecule has 0 aromatic rings. The maximum Gasteiger partial charge on any atom is 0.110 e. The summed E-state index contributed by atoms with van der Waals surface area (Å²) in [6, 6.07) is 0. The van der Waals surface area contributed by atoms with Crippen molar-refractivity contribution in [1.29, 1.82) is 0 Å². The number of rotatable bonds is 6. The summed E-state index contributed by atoms with van der Waals surface area (Å²) in [7, 11) is 0. The van der Waals surface area contributed by atoms with Crippen LogP contribution in [0.2, 0.25) is 0 Å². The molecule has 76 valence electrons. The lowest BCUT2D eigenvalue weighted by molar-refractivity contribution is 0.113. The molecule has 3 heteroatoms. The van der Waals surface area contributed by atoms with Crippen LogP contribution in [0.25, 0.3) is 0 Å². The van der Waals surface area contributed by atoms with Gasteiger partial charge >= 0.3 is 0 Å². The van der Waals surface area contributed by atoms with E-state index < -0.39 is 0 Å². The van der Waals surface area contributed by atoms with E-state index in [2.05, 4.69) is 11.4 Å². The Morgan fingerprint density at radius 2 is 2.54 bits per heavy atom. The van der Waals surface area contributed by atoms with Gasteiger partial charge in [0.25, 0.3) is 0 Å². The van der Waals surface area contributed by atoms with E-state index >= 15 is 0 Å². The summed E-state index contributed by atoms with van der Waals surface area (Å²) >= 11 is 0. The van der Waals surface area contributed by atoms with Crippen LogP contribution >= 0.6 is 0 Å². The molecular formula is C10H19NO2. The second-order valence-electron chi connectivity index (χ2n) is 3.11. The number of hydrogen-bond acceptors (Lipinski definition) is 3. The second-order valence-corrected chi connectivity index (χ2v) is 3.11. The molecule has 0 saturated heterocycles. The third-order valence-electron chi connectivity index (χ3n) is 2.02. The average Bonchev–Trinajstić information content (AvgIpc) is 2.19. The summed E-state index contributed by atoms with van der Waals surface area (Å²) in [5.74, 6) is 0. The first-order valence-corrected chi connectivity index (χ1v) is 5.02. The fraction of sp³-hybridized carbons (Fsp3) is 0.800. The molecule has 1 rings (SSSR count). The summed E-state index contributed by atoms with van der Waals surface area (Å²) < 4.78 is 10.6. The Morgan fingerprint density at radius 1 is 1.62 bits per heavy atom. The Labute approximate surface area is 80.1 Å². The van der Waals surface area contributed by atoms with Gasteiger partial charge in [-0.25, -0.2) is 0 Å². The van der Waals surface area contributed by atoms with E-state index in [1.165, 1.54) is 0 Å². The van der Waals surface area contributed by atoms with Gasteiger partial charge < -0.3 is 14.8 Å². The van der Waals surface area contributed by atoms with Crippen molar-refractivity contribution in [2.45, 2.75) is 25.9 Å². The van der Waals surface area contributed by atoms with Crippen molar-refractivity contribution in [2.75, 3.05) is 26.3 Å². The molecule has 1 atom stereocenters. The highest BCUT2D eigenvalue weighted by Crippen LogP contribution is 2.08. The summed E-state index contributed by atoms with van der Waals surface area (Å²) in [6.45, 7) is 5.44. The van der Waals surface area contributed by atoms with E-state index in [0.29, 0.717) is 6.10 Å². The van der Waals surface area contributed by atoms with Crippen LogP contribution in [0.1, 0.15) is 19.8 Å². The minimum atomic E-state index is 0.353. The zero-order valence-corrected chi connectivity index (χ0v) is 8.29. The molecule has 1 aliphatic rings. The third kappa shape index (κ3) is 4.90. The molecule has 0 aromatic carbocycles. The van der Waals surface area contributed by atoms with Gasteiger partial charge in [-0.1, -0.05) is 0 Å². The van der Waals surface area contributed by atoms with Crippen LogP contribution in [0, 0.1) is 0 Å². The van der Waals surface area contributed by atoms with Gasteiger partial charge in [0, 0.05) is 19.7 Å². The van der Waals surface area contributed by atoms with Crippen molar-refractivity contribution < 1.29 is 9.47 Å². The van der Waals surface area contributed by atoms with Gasteiger partial charge in [-0.15, -0.1) is 0 Å². The van der Waals surface area contributed by atoms with Crippen LogP contribution in [0.4, 0.5) is 0 Å². The van der Waals surface area contributed by atoms with Crippen LogP contribution in [-0.4, -0.2) is 32.4 Å². The molecular weight excluding hydrogens is 166 g/mol. The molecule has 0 fully saturated rings. The molecule has 0 amide bonds. The molecule has 1 aliphatic heterocycles. The normalized spacial score (nSPS) is 21.5. The largest absolute Gasteiger partial charge is 0.497 e. The fourth-order valence-electron chi connectivity index (χ4n) is 1.29. The highest BCUT2D eigenvalue weighted by Gasteiger charge is 2.09. The van der Waals surface area contributed by atoms with Gasteiger partial charge in [0.05, 0.1) is 12.9 Å². The van der Waals surface area contributed by atoms with E-state index in [4.69, 9.17) is 9.47 Å². The lowest BCUT2D eigenvalue weighted by Crippen LogP contribution is -2.31. The predicted octanol–water partition coefficient (Wildman–Crippen LogP) is 1.31. The van der Waals surface area contributed by atoms with Gasteiger partial charge in [-0.2, -0.15) is 0 Å². The molecule has 13 heavy (non-hydrogen) atoms. The standard InChI is InChI=1S/C10H19NO2/c1-2-12-8-6-11-9-10-5-3-4-7-13-10/h4,7,10-11H,2-3,5-6,8-9H2,1H3. The molecule has 0 saturated carbocycles. The van der Waals surface area contributed by atoms with Gasteiger partial charge in [0.2, 0.25) is 0 Å². The first-order valence-electron chi connectivity index (χ1n) is 5.02. The van der Waals surface area contributed by atoms with E-state index in [1.807, 2.05) is 6.92 Å². The van der Waals surface area contributed by atoms with Crippen molar-refractivity contribution in [1.82, 2.24) is 5.32 Å². The van der Waals surface area contributed by atoms with Crippen LogP contribution < -0.4 is 5.32 Å². The van der Waals surface area contributed by atoms with Crippen LogP contribution in [0.3, 0.4) is 0 Å². The molecule has 1 unspecified atom stereocenters. The van der Waals surface area contributed by atoms with Gasteiger partial charge in [-0.3, -0.25) is 0 Å². The minimum Gasteiger partial charge on any atom is -0.497 e. The van der Waals surface area contributed by atoms with Crippen LogP contribution in [-0.2, 0) is 9.47 Å². The van der Waals surface area contributed by atoms with Crippen molar-refractivity contribution in [2.24, 2.45) is 0 Å². The first kappa shape index (κ1) is 10.5. The molecule has 1 N–H and O–H groups in total. The molecule has 0 bridgehead atoms. The first-order chi connectivity index (χ1) is 6.43. The minimum absolute atomic E-state index is 0.353. The van der Waals surface area contributed by atoms with Gasteiger partial charge in [-0.05, 0) is 25.8 Å². The number of hydrogen-bond donors (Lipinski definition) is 1. The Balaban J connectivity index is 1.90. The summed E-state index contributed by atoms with van der Waals surface area (Å²) in [5, 5.41) is 3.31. The molecule has 1 heterocycles. The lowest BCUT2D eigenvalue weighted by atomic mass is 10.1. The Hall–Kier alpha value is -0.540. The zero-order valence-electron chi connectivity index (χ0n) is 8.29. The number of allylic oxidation sites excluding steroid dienone is 1. The Bertz CT molecular complexity index is 148. The smallest absolute Gasteiger partial charge is 0.110 e. The monoisotopic (exact) mass is 185 g/mol. The number of ether oxygens (including phenoxy) is 2. The van der Waals surface area contributed by atoms with Crippen LogP contribution in [0.5, 0.6) is 0 Å². The van der Waals surface area contributed by atoms with Crippen molar-refractivity contribution >= 4 is 0 Å². The fourth-order valence-corrected chi connectivity index (χ4v) is 1.29. The van der Waals surface area contributed by atoms with Crippen molar-refractivity contribution in [3.8, 4) is 0 Å². The van der Waals surface area contributed by atoms with Gasteiger partial charge in [0.1, 0.15) is 6.10 Å². The van der Waals surface area contributed by atoms with Gasteiger partial charge in [0.15, 0.2) is 0 Å². The highest BCUT2D eigenvalue weighted by atomic mass is 16.5. The zero-order chi connectivity index (χ0) is 9.36. The van der Waals surface area contributed by atoms with Crippen LogP contribution in [0.15, 0.2) is 12.3 Å². The third-order valence-corrected chi connectivity index (χ3v) is 2.02. The molecule has 0 aliphatic carbocycles. The summed E-state index contributed by atoms with van der Waals surface area (Å²) in [4.78, 5) is 0. The quantitative estimate of drug-likeness (QED) is 0.633. The second kappa shape index (κ2) is 6.92. The molecule has 0 radical (unpaired) electrons. The lowest BCUT2D eigenvalue weighted by Gasteiger charge is -2.19. The van der Waals surface area contributed by atoms with E-state index in [0.717, 1.165) is 39.1 Å². The maximum atomic E-state index is 5.40. The maximum absolute atomic E-state index is 5.40.